The molecule has 78 heavy (non-hydrogen) atoms. The third-order valence-electron chi connectivity index (χ3n) is 17.3. The number of hydrogen-bond donors (Lipinski definition) is 2. The number of hydrogen-bond acceptors (Lipinski definition) is 6. The number of ether oxygens (including phenoxy) is 4. The standard InChI is InChI=1S/C72H146O6/c1-5-7-9-11-13-15-17-19-21-25-29-39-47-55-63-77-71(65-73)67-75-61-53-45-37-31-35-43-51-59-69(3)57-49-41-33-27-23-24-28-34-42-50-58-70(4)60-52-44-36-32-38-46-54-62-76-68-72(66-74)78-64-56-48-40-30-26-22-20-18-16-14-12-10-8-6-2/h69-74H,5-68H2,1-4H3/t69?,70?,71-,72-/m1/s1. The molecule has 470 valence electrons. The molecule has 0 bridgehead atoms. The zero-order chi connectivity index (χ0) is 56.4. The average Bonchev–Trinajstić information content (AvgIpc) is 3.44. The maximum Gasteiger partial charge on any atom is 0.104 e. The van der Waals surface area contributed by atoms with E-state index in [4.69, 9.17) is 18.9 Å². The molecular weight excluding hydrogens is 961 g/mol. The molecule has 0 aromatic rings. The highest BCUT2D eigenvalue weighted by Gasteiger charge is 2.10. The lowest BCUT2D eigenvalue weighted by Crippen LogP contribution is -2.24. The van der Waals surface area contributed by atoms with Crippen LogP contribution >= 0.6 is 0 Å². The molecule has 2 N–H and O–H groups in total. The minimum absolute atomic E-state index is 0.0608. The highest BCUT2D eigenvalue weighted by Crippen LogP contribution is 2.22. The van der Waals surface area contributed by atoms with Crippen LogP contribution in [0.4, 0.5) is 0 Å². The van der Waals surface area contributed by atoms with E-state index in [1.807, 2.05) is 0 Å². The van der Waals surface area contributed by atoms with Gasteiger partial charge in [0.05, 0.1) is 26.4 Å². The smallest absolute Gasteiger partial charge is 0.104 e. The zero-order valence-corrected chi connectivity index (χ0v) is 54.1. The Hall–Kier alpha value is -0.240. The molecule has 0 amide bonds. The van der Waals surface area contributed by atoms with Crippen molar-refractivity contribution >= 4 is 0 Å². The Morgan fingerprint density at radius 3 is 0.615 bits per heavy atom. The third-order valence-corrected chi connectivity index (χ3v) is 17.3. The third kappa shape index (κ3) is 64.9. The first-order valence-corrected chi connectivity index (χ1v) is 36.2. The zero-order valence-electron chi connectivity index (χ0n) is 54.1. The SMILES string of the molecule is CCCCCCCCCCCCCCCCO[C@H](CO)COCCCCCCCCCC(C)CCCCCCCCCCCCC(C)CCCCCCCCCOC[C@@H](CO)OCCCCCCCCCCCCCCCC. The Morgan fingerprint density at radius 1 is 0.231 bits per heavy atom. The summed E-state index contributed by atoms with van der Waals surface area (Å²) >= 11 is 0. The van der Waals surface area contributed by atoms with Crippen molar-refractivity contribution in [3.05, 3.63) is 0 Å². The molecule has 6 heteroatoms. The predicted molar refractivity (Wildman–Crippen MR) is 344 cm³/mol. The van der Waals surface area contributed by atoms with Crippen molar-refractivity contribution in [3.8, 4) is 0 Å². The van der Waals surface area contributed by atoms with Gasteiger partial charge in [0.1, 0.15) is 12.2 Å². The van der Waals surface area contributed by atoms with Crippen molar-refractivity contribution < 1.29 is 29.2 Å². The summed E-state index contributed by atoms with van der Waals surface area (Å²) in [5, 5.41) is 19.4. The molecule has 0 spiro atoms. The molecule has 0 fully saturated rings. The van der Waals surface area contributed by atoms with Crippen molar-refractivity contribution in [2.24, 2.45) is 11.8 Å². The lowest BCUT2D eigenvalue weighted by Gasteiger charge is -2.15. The highest BCUT2D eigenvalue weighted by atomic mass is 16.5. The van der Waals surface area contributed by atoms with Gasteiger partial charge in [0.25, 0.3) is 0 Å². The van der Waals surface area contributed by atoms with Crippen LogP contribution in [0.25, 0.3) is 0 Å². The van der Waals surface area contributed by atoms with Crippen LogP contribution in [-0.4, -0.2) is 75.3 Å². The molecule has 0 aromatic carbocycles. The molecular formula is C72H146O6. The maximum absolute atomic E-state index is 9.72. The summed E-state index contributed by atoms with van der Waals surface area (Å²) in [5.41, 5.74) is 0. The van der Waals surface area contributed by atoms with Gasteiger partial charge in [-0.25, -0.2) is 0 Å². The highest BCUT2D eigenvalue weighted by molar-refractivity contribution is 4.61. The number of rotatable bonds is 71. The second-order valence-corrected chi connectivity index (χ2v) is 25.5. The fourth-order valence-electron chi connectivity index (χ4n) is 11.7. The molecule has 2 unspecified atom stereocenters. The van der Waals surface area contributed by atoms with Gasteiger partial charge < -0.3 is 29.2 Å². The average molecular weight is 1110 g/mol. The van der Waals surface area contributed by atoms with Gasteiger partial charge in [-0.1, -0.05) is 362 Å². The Kier molecular flexibility index (Phi) is 69.0. The second-order valence-electron chi connectivity index (χ2n) is 25.5. The summed E-state index contributed by atoms with van der Waals surface area (Å²) in [5.74, 6) is 1.80. The monoisotopic (exact) mass is 1110 g/mol. The molecule has 0 heterocycles. The van der Waals surface area contributed by atoms with Crippen LogP contribution in [0.1, 0.15) is 387 Å². The van der Waals surface area contributed by atoms with Crippen LogP contribution < -0.4 is 0 Å². The Bertz CT molecular complexity index is 962. The Balaban J connectivity index is 3.37. The molecule has 0 aromatic heterocycles. The molecule has 0 saturated heterocycles. The van der Waals surface area contributed by atoms with Crippen molar-refractivity contribution in [2.45, 2.75) is 399 Å². The number of aliphatic hydroxyl groups excluding tert-OH is 2. The van der Waals surface area contributed by atoms with Gasteiger partial charge in [0, 0.05) is 26.4 Å². The van der Waals surface area contributed by atoms with Crippen molar-refractivity contribution in [1.82, 2.24) is 0 Å². The van der Waals surface area contributed by atoms with E-state index in [-0.39, 0.29) is 25.4 Å². The molecule has 0 rings (SSSR count). The van der Waals surface area contributed by atoms with Gasteiger partial charge in [0.15, 0.2) is 0 Å². The van der Waals surface area contributed by atoms with Gasteiger partial charge in [-0.05, 0) is 37.5 Å². The Labute approximate surface area is 491 Å². The first kappa shape index (κ1) is 77.8. The molecule has 0 aliphatic carbocycles. The van der Waals surface area contributed by atoms with E-state index in [0.29, 0.717) is 13.2 Å². The van der Waals surface area contributed by atoms with Crippen molar-refractivity contribution in [1.29, 1.82) is 0 Å². The van der Waals surface area contributed by atoms with E-state index in [0.717, 1.165) is 63.9 Å². The van der Waals surface area contributed by atoms with Crippen LogP contribution in [-0.2, 0) is 18.9 Å². The summed E-state index contributed by atoms with van der Waals surface area (Å²) < 4.78 is 23.6. The molecule has 4 atom stereocenters. The van der Waals surface area contributed by atoms with Crippen LogP contribution in [0.15, 0.2) is 0 Å². The minimum atomic E-state index is -0.163. The normalized spacial score (nSPS) is 13.5. The second kappa shape index (κ2) is 69.3. The summed E-state index contributed by atoms with van der Waals surface area (Å²) in [6.07, 6.45) is 76.7. The topological polar surface area (TPSA) is 77.4 Å². The van der Waals surface area contributed by atoms with Gasteiger partial charge in [-0.2, -0.15) is 0 Å². The van der Waals surface area contributed by atoms with Crippen molar-refractivity contribution in [2.75, 3.05) is 52.9 Å². The van der Waals surface area contributed by atoms with Gasteiger partial charge in [-0.3, -0.25) is 0 Å². The van der Waals surface area contributed by atoms with E-state index in [1.165, 1.54) is 334 Å². The van der Waals surface area contributed by atoms with E-state index in [2.05, 4.69) is 27.7 Å². The van der Waals surface area contributed by atoms with E-state index in [1.54, 1.807) is 0 Å². The molecule has 0 saturated carbocycles. The van der Waals surface area contributed by atoms with Gasteiger partial charge >= 0.3 is 0 Å². The first-order chi connectivity index (χ1) is 38.6. The van der Waals surface area contributed by atoms with E-state index in [9.17, 15) is 10.2 Å². The van der Waals surface area contributed by atoms with E-state index >= 15 is 0 Å². The first-order valence-electron chi connectivity index (χ1n) is 36.2. The van der Waals surface area contributed by atoms with Gasteiger partial charge in [0.2, 0.25) is 0 Å². The van der Waals surface area contributed by atoms with Crippen LogP contribution in [0, 0.1) is 11.8 Å². The summed E-state index contributed by atoms with van der Waals surface area (Å²) in [6.45, 7) is 13.8. The lowest BCUT2D eigenvalue weighted by atomic mass is 9.95. The quantitative estimate of drug-likeness (QED) is 0.0591. The van der Waals surface area contributed by atoms with Crippen molar-refractivity contribution in [3.63, 3.8) is 0 Å². The Morgan fingerprint density at radius 2 is 0.410 bits per heavy atom. The molecule has 6 nitrogen and oxygen atoms in total. The van der Waals surface area contributed by atoms with Crippen LogP contribution in [0.5, 0.6) is 0 Å². The largest absolute Gasteiger partial charge is 0.394 e. The fourth-order valence-corrected chi connectivity index (χ4v) is 11.7. The lowest BCUT2D eigenvalue weighted by molar-refractivity contribution is -0.0437. The summed E-state index contributed by atoms with van der Waals surface area (Å²) in [4.78, 5) is 0. The summed E-state index contributed by atoms with van der Waals surface area (Å²) in [7, 11) is 0. The van der Waals surface area contributed by atoms with Gasteiger partial charge in [-0.15, -0.1) is 0 Å². The molecule has 0 aliphatic rings. The maximum atomic E-state index is 9.72. The van der Waals surface area contributed by atoms with Crippen LogP contribution in [0.2, 0.25) is 0 Å². The number of unbranched alkanes of at least 4 members (excludes halogenated alkanes) is 47. The van der Waals surface area contributed by atoms with Crippen LogP contribution in [0.3, 0.4) is 0 Å². The minimum Gasteiger partial charge on any atom is -0.394 e. The predicted octanol–water partition coefficient (Wildman–Crippen LogP) is 22.9. The molecule has 0 aliphatic heterocycles. The molecule has 0 radical (unpaired) electrons. The summed E-state index contributed by atoms with van der Waals surface area (Å²) in [6, 6.07) is 0. The van der Waals surface area contributed by atoms with E-state index < -0.39 is 0 Å². The number of aliphatic hydroxyl groups is 2. The fraction of sp³-hybridized carbons (Fsp3) is 1.00.